The zero-order chi connectivity index (χ0) is 14.6. The van der Waals surface area contributed by atoms with Crippen LogP contribution in [0.3, 0.4) is 0 Å². The summed E-state index contributed by atoms with van der Waals surface area (Å²) in [4.78, 5) is 12.5. The molecule has 5 heteroatoms. The quantitative estimate of drug-likeness (QED) is 0.878. The van der Waals surface area contributed by atoms with Crippen molar-refractivity contribution in [3.63, 3.8) is 0 Å². The number of nitrogens with one attached hydrogen (secondary N) is 2. The molecule has 1 saturated heterocycles. The van der Waals surface area contributed by atoms with Crippen molar-refractivity contribution in [1.82, 2.24) is 5.32 Å². The largest absolute Gasteiger partial charge is 0.492 e. The highest BCUT2D eigenvalue weighted by molar-refractivity contribution is 6.32. The van der Waals surface area contributed by atoms with Crippen LogP contribution in [0.1, 0.15) is 26.7 Å². The number of benzene rings is 1. The molecule has 0 spiro atoms. The Morgan fingerprint density at radius 3 is 2.85 bits per heavy atom. The lowest BCUT2D eigenvalue weighted by molar-refractivity contribution is -0.124. The zero-order valence-corrected chi connectivity index (χ0v) is 12.7. The van der Waals surface area contributed by atoms with Crippen molar-refractivity contribution in [2.24, 2.45) is 5.41 Å². The minimum Gasteiger partial charge on any atom is -0.492 e. The summed E-state index contributed by atoms with van der Waals surface area (Å²) in [5, 5.41) is 6.74. The van der Waals surface area contributed by atoms with Crippen molar-refractivity contribution in [2.75, 3.05) is 25.0 Å². The second kappa shape index (κ2) is 6.46. The molecule has 0 saturated carbocycles. The summed E-state index contributed by atoms with van der Waals surface area (Å²) in [6, 6.07) is 5.34. The lowest BCUT2D eigenvalue weighted by Crippen LogP contribution is -2.37. The third-order valence-corrected chi connectivity index (χ3v) is 4.19. The van der Waals surface area contributed by atoms with E-state index in [0.29, 0.717) is 23.1 Å². The minimum atomic E-state index is -0.301. The van der Waals surface area contributed by atoms with Crippen molar-refractivity contribution in [2.45, 2.75) is 26.7 Å². The first kappa shape index (κ1) is 15.1. The third kappa shape index (κ3) is 3.07. The van der Waals surface area contributed by atoms with Crippen LogP contribution in [0.25, 0.3) is 0 Å². The maximum atomic E-state index is 12.5. The predicted molar refractivity (Wildman–Crippen MR) is 81.5 cm³/mol. The first-order valence-electron chi connectivity index (χ1n) is 7.06. The van der Waals surface area contributed by atoms with E-state index in [1.54, 1.807) is 12.1 Å². The summed E-state index contributed by atoms with van der Waals surface area (Å²) in [6.45, 7) is 6.16. The number of anilines is 1. The van der Waals surface area contributed by atoms with Crippen molar-refractivity contribution in [3.8, 4) is 5.75 Å². The summed E-state index contributed by atoms with van der Waals surface area (Å²) >= 11 is 6.13. The van der Waals surface area contributed by atoms with E-state index in [2.05, 4.69) is 17.6 Å². The third-order valence-electron chi connectivity index (χ3n) is 3.89. The number of hydrogen-bond acceptors (Lipinski definition) is 3. The molecule has 1 aromatic carbocycles. The number of amides is 1. The molecule has 1 aliphatic heterocycles. The van der Waals surface area contributed by atoms with Gasteiger partial charge >= 0.3 is 0 Å². The SMILES string of the molecule is CCOc1ccc(NC(=O)C2(CC)CCNC2)cc1Cl. The zero-order valence-electron chi connectivity index (χ0n) is 12.0. The molecule has 1 aliphatic rings. The molecule has 0 radical (unpaired) electrons. The van der Waals surface area contributed by atoms with Crippen molar-refractivity contribution >= 4 is 23.2 Å². The fourth-order valence-corrected chi connectivity index (χ4v) is 2.75. The van der Waals surface area contributed by atoms with Gasteiger partial charge in [0.25, 0.3) is 0 Å². The summed E-state index contributed by atoms with van der Waals surface area (Å²) in [5.41, 5.74) is 0.411. The molecule has 4 nitrogen and oxygen atoms in total. The molecular formula is C15H21ClN2O2. The van der Waals surface area contributed by atoms with Crippen LogP contribution in [0.2, 0.25) is 5.02 Å². The number of hydrogen-bond donors (Lipinski definition) is 2. The Hall–Kier alpha value is -1.26. The van der Waals surface area contributed by atoms with E-state index >= 15 is 0 Å². The van der Waals surface area contributed by atoms with Crippen LogP contribution in [-0.4, -0.2) is 25.6 Å². The Balaban J connectivity index is 2.09. The molecule has 1 amide bonds. The van der Waals surface area contributed by atoms with E-state index in [9.17, 15) is 4.79 Å². The van der Waals surface area contributed by atoms with Gasteiger partial charge in [-0.15, -0.1) is 0 Å². The molecule has 1 heterocycles. The van der Waals surface area contributed by atoms with Crippen molar-refractivity contribution < 1.29 is 9.53 Å². The maximum Gasteiger partial charge on any atom is 0.231 e. The van der Waals surface area contributed by atoms with E-state index in [-0.39, 0.29) is 11.3 Å². The molecule has 110 valence electrons. The van der Waals surface area contributed by atoms with E-state index in [4.69, 9.17) is 16.3 Å². The molecule has 1 aromatic rings. The van der Waals surface area contributed by atoms with Crippen LogP contribution in [0.4, 0.5) is 5.69 Å². The van der Waals surface area contributed by atoms with Gasteiger partial charge in [-0.3, -0.25) is 4.79 Å². The van der Waals surface area contributed by atoms with Crippen LogP contribution in [0.5, 0.6) is 5.75 Å². The lowest BCUT2D eigenvalue weighted by atomic mass is 9.83. The maximum absolute atomic E-state index is 12.5. The van der Waals surface area contributed by atoms with Gasteiger partial charge in [-0.05, 0) is 44.5 Å². The second-order valence-corrected chi connectivity index (χ2v) is 5.50. The molecule has 0 aromatic heterocycles. The van der Waals surface area contributed by atoms with E-state index < -0.39 is 0 Å². The average molecular weight is 297 g/mol. The van der Waals surface area contributed by atoms with Crippen LogP contribution in [0, 0.1) is 5.41 Å². The van der Waals surface area contributed by atoms with Gasteiger partial charge < -0.3 is 15.4 Å². The number of ether oxygens (including phenoxy) is 1. The highest BCUT2D eigenvalue weighted by Gasteiger charge is 2.39. The van der Waals surface area contributed by atoms with Gasteiger partial charge in [0.15, 0.2) is 0 Å². The fourth-order valence-electron chi connectivity index (χ4n) is 2.51. The van der Waals surface area contributed by atoms with Crippen LogP contribution in [0.15, 0.2) is 18.2 Å². The number of carbonyl (C=O) groups is 1. The minimum absolute atomic E-state index is 0.0604. The van der Waals surface area contributed by atoms with E-state index in [1.165, 1.54) is 0 Å². The highest BCUT2D eigenvalue weighted by Crippen LogP contribution is 2.32. The number of halogens is 1. The normalized spacial score (nSPS) is 21.8. The van der Waals surface area contributed by atoms with Gasteiger partial charge in [-0.25, -0.2) is 0 Å². The topological polar surface area (TPSA) is 50.4 Å². The van der Waals surface area contributed by atoms with Gasteiger partial charge in [0.2, 0.25) is 5.91 Å². The van der Waals surface area contributed by atoms with Crippen LogP contribution >= 0.6 is 11.6 Å². The molecule has 1 unspecified atom stereocenters. The molecule has 1 fully saturated rings. The Bertz CT molecular complexity index is 485. The number of carbonyl (C=O) groups excluding carboxylic acids is 1. The smallest absolute Gasteiger partial charge is 0.231 e. The predicted octanol–water partition coefficient (Wildman–Crippen LogP) is 3.07. The van der Waals surface area contributed by atoms with Crippen LogP contribution < -0.4 is 15.4 Å². The van der Waals surface area contributed by atoms with Gasteiger partial charge in [-0.2, -0.15) is 0 Å². The molecule has 2 rings (SSSR count). The average Bonchev–Trinajstić information content (AvgIpc) is 2.92. The van der Waals surface area contributed by atoms with Gasteiger partial charge in [-0.1, -0.05) is 18.5 Å². The van der Waals surface area contributed by atoms with Gasteiger partial charge in [0.05, 0.1) is 17.0 Å². The van der Waals surface area contributed by atoms with Crippen molar-refractivity contribution in [1.29, 1.82) is 0 Å². The lowest BCUT2D eigenvalue weighted by Gasteiger charge is -2.25. The molecule has 1 atom stereocenters. The van der Waals surface area contributed by atoms with E-state index in [1.807, 2.05) is 13.0 Å². The monoisotopic (exact) mass is 296 g/mol. The highest BCUT2D eigenvalue weighted by atomic mass is 35.5. The van der Waals surface area contributed by atoms with E-state index in [0.717, 1.165) is 25.9 Å². The Labute approximate surface area is 124 Å². The van der Waals surface area contributed by atoms with Crippen LogP contribution in [-0.2, 0) is 4.79 Å². The summed E-state index contributed by atoms with van der Waals surface area (Å²) in [5.74, 6) is 0.699. The molecule has 2 N–H and O–H groups in total. The molecule has 0 bridgehead atoms. The van der Waals surface area contributed by atoms with Crippen molar-refractivity contribution in [3.05, 3.63) is 23.2 Å². The molecular weight excluding hydrogens is 276 g/mol. The first-order valence-corrected chi connectivity index (χ1v) is 7.43. The Morgan fingerprint density at radius 1 is 1.50 bits per heavy atom. The summed E-state index contributed by atoms with van der Waals surface area (Å²) in [7, 11) is 0. The summed E-state index contributed by atoms with van der Waals surface area (Å²) < 4.78 is 5.38. The van der Waals surface area contributed by atoms with Gasteiger partial charge in [0.1, 0.15) is 5.75 Å². The second-order valence-electron chi connectivity index (χ2n) is 5.09. The molecule has 20 heavy (non-hydrogen) atoms. The Morgan fingerprint density at radius 2 is 2.30 bits per heavy atom. The number of rotatable bonds is 5. The van der Waals surface area contributed by atoms with Gasteiger partial charge in [0, 0.05) is 12.2 Å². The summed E-state index contributed by atoms with van der Waals surface area (Å²) in [6.07, 6.45) is 1.71. The Kier molecular flexibility index (Phi) is 4.89. The molecule has 0 aliphatic carbocycles. The first-order chi connectivity index (χ1) is 9.61. The fraction of sp³-hybridized carbons (Fsp3) is 0.533. The standard InChI is InChI=1S/C15H21ClN2O2/c1-3-15(7-8-17-10-15)14(19)18-11-5-6-13(20-4-2)12(16)9-11/h5-6,9,17H,3-4,7-8,10H2,1-2H3,(H,18,19).